The molecule has 1 saturated heterocycles. The minimum absolute atomic E-state index is 0.0393. The van der Waals surface area contributed by atoms with E-state index in [-0.39, 0.29) is 22.4 Å². The summed E-state index contributed by atoms with van der Waals surface area (Å²) in [7, 11) is 0. The van der Waals surface area contributed by atoms with Crippen LogP contribution < -0.4 is 5.32 Å². The van der Waals surface area contributed by atoms with Gasteiger partial charge in [-0.2, -0.15) is 0 Å². The van der Waals surface area contributed by atoms with E-state index in [0.717, 1.165) is 5.56 Å². The Morgan fingerprint density at radius 3 is 2.81 bits per heavy atom. The topological polar surface area (TPSA) is 72.2 Å². The Morgan fingerprint density at radius 2 is 2.25 bits per heavy atom. The quantitative estimate of drug-likeness (QED) is 0.606. The molecule has 0 spiro atoms. The largest absolute Gasteiger partial charge is 0.355 e. The monoisotopic (exact) mass is 220 g/mol. The standard InChI is InChI=1S/C11H12N2O3/c1-7-3-2-4-9(13(15)16)11(7)8-5-10(14)12-6-8/h2-4,8H,5-6H2,1H3,(H,12,14). The molecule has 1 heterocycles. The Kier molecular flexibility index (Phi) is 2.60. The van der Waals surface area contributed by atoms with Crippen LogP contribution in [0.2, 0.25) is 0 Å². The number of aryl methyl sites for hydroxylation is 1. The number of carbonyl (C=O) groups is 1. The lowest BCUT2D eigenvalue weighted by Gasteiger charge is -2.11. The molecule has 1 aliphatic heterocycles. The van der Waals surface area contributed by atoms with Crippen LogP contribution in [-0.4, -0.2) is 17.4 Å². The van der Waals surface area contributed by atoms with Gasteiger partial charge in [0.05, 0.1) is 4.92 Å². The fourth-order valence-electron chi connectivity index (χ4n) is 2.16. The molecule has 1 fully saturated rings. The first-order valence-electron chi connectivity index (χ1n) is 5.10. The number of benzene rings is 1. The van der Waals surface area contributed by atoms with Crippen LogP contribution in [0.1, 0.15) is 23.5 Å². The average molecular weight is 220 g/mol. The molecule has 0 saturated carbocycles. The van der Waals surface area contributed by atoms with Crippen molar-refractivity contribution >= 4 is 11.6 Å². The zero-order valence-corrected chi connectivity index (χ0v) is 8.90. The van der Waals surface area contributed by atoms with E-state index in [0.29, 0.717) is 18.5 Å². The first-order valence-corrected chi connectivity index (χ1v) is 5.10. The predicted octanol–water partition coefficient (Wildman–Crippen LogP) is 1.51. The van der Waals surface area contributed by atoms with E-state index in [1.54, 1.807) is 6.07 Å². The number of nitro benzene ring substituents is 1. The minimum atomic E-state index is -0.384. The average Bonchev–Trinajstić information content (AvgIpc) is 2.64. The minimum Gasteiger partial charge on any atom is -0.355 e. The summed E-state index contributed by atoms with van der Waals surface area (Å²) < 4.78 is 0. The first kappa shape index (κ1) is 10.6. The van der Waals surface area contributed by atoms with Crippen LogP contribution in [0.4, 0.5) is 5.69 Å². The normalized spacial score (nSPS) is 19.6. The van der Waals surface area contributed by atoms with Crippen LogP contribution in [0.5, 0.6) is 0 Å². The van der Waals surface area contributed by atoms with Gasteiger partial charge in [0, 0.05) is 30.5 Å². The fourth-order valence-corrected chi connectivity index (χ4v) is 2.16. The highest BCUT2D eigenvalue weighted by molar-refractivity contribution is 5.80. The molecule has 0 aliphatic carbocycles. The summed E-state index contributed by atoms with van der Waals surface area (Å²) in [6.07, 6.45) is 0.339. The van der Waals surface area contributed by atoms with Gasteiger partial charge >= 0.3 is 0 Å². The molecule has 2 rings (SSSR count). The number of hydrogen-bond donors (Lipinski definition) is 1. The van der Waals surface area contributed by atoms with Crippen molar-refractivity contribution in [2.45, 2.75) is 19.3 Å². The summed E-state index contributed by atoms with van der Waals surface area (Å²) in [6, 6.07) is 5.00. The van der Waals surface area contributed by atoms with Crippen LogP contribution in [0.25, 0.3) is 0 Å². The Morgan fingerprint density at radius 1 is 1.50 bits per heavy atom. The molecular weight excluding hydrogens is 208 g/mol. The molecule has 0 bridgehead atoms. The summed E-state index contributed by atoms with van der Waals surface area (Å²) in [6.45, 7) is 2.33. The number of carbonyl (C=O) groups excluding carboxylic acids is 1. The van der Waals surface area contributed by atoms with Crippen molar-refractivity contribution in [1.82, 2.24) is 5.32 Å². The zero-order chi connectivity index (χ0) is 11.7. The molecule has 5 heteroatoms. The van der Waals surface area contributed by atoms with Gasteiger partial charge in [-0.3, -0.25) is 14.9 Å². The van der Waals surface area contributed by atoms with Crippen LogP contribution in [0.15, 0.2) is 18.2 Å². The van der Waals surface area contributed by atoms with Gasteiger partial charge in [0.2, 0.25) is 5.91 Å². The van der Waals surface area contributed by atoms with Crippen molar-refractivity contribution in [2.24, 2.45) is 0 Å². The maximum absolute atomic E-state index is 11.1. The molecule has 5 nitrogen and oxygen atoms in total. The van der Waals surface area contributed by atoms with Crippen LogP contribution in [0.3, 0.4) is 0 Å². The maximum atomic E-state index is 11.1. The molecule has 84 valence electrons. The van der Waals surface area contributed by atoms with Crippen molar-refractivity contribution < 1.29 is 9.72 Å². The SMILES string of the molecule is Cc1cccc([N+](=O)[O-])c1C1CNC(=O)C1. The summed E-state index contributed by atoms with van der Waals surface area (Å²) in [5.41, 5.74) is 1.67. The van der Waals surface area contributed by atoms with Crippen molar-refractivity contribution in [3.63, 3.8) is 0 Å². The molecule has 1 unspecified atom stereocenters. The molecule has 1 N–H and O–H groups in total. The van der Waals surface area contributed by atoms with E-state index in [1.165, 1.54) is 6.07 Å². The Labute approximate surface area is 92.6 Å². The third-order valence-corrected chi connectivity index (χ3v) is 2.88. The molecular formula is C11H12N2O3. The highest BCUT2D eigenvalue weighted by Crippen LogP contribution is 2.33. The van der Waals surface area contributed by atoms with E-state index in [9.17, 15) is 14.9 Å². The Bertz CT molecular complexity index is 457. The summed E-state index contributed by atoms with van der Waals surface area (Å²) >= 11 is 0. The summed E-state index contributed by atoms with van der Waals surface area (Å²) in [4.78, 5) is 21.7. The molecule has 16 heavy (non-hydrogen) atoms. The van der Waals surface area contributed by atoms with Gasteiger partial charge in [0.25, 0.3) is 5.69 Å². The van der Waals surface area contributed by atoms with E-state index < -0.39 is 0 Å². The van der Waals surface area contributed by atoms with Crippen LogP contribution in [0, 0.1) is 17.0 Å². The highest BCUT2D eigenvalue weighted by Gasteiger charge is 2.30. The van der Waals surface area contributed by atoms with Gasteiger partial charge in [-0.1, -0.05) is 12.1 Å². The summed E-state index contributed by atoms with van der Waals surface area (Å²) in [5.74, 6) is -0.114. The zero-order valence-electron chi connectivity index (χ0n) is 8.90. The highest BCUT2D eigenvalue weighted by atomic mass is 16.6. The van der Waals surface area contributed by atoms with Gasteiger partial charge in [-0.15, -0.1) is 0 Å². The number of nitro groups is 1. The smallest absolute Gasteiger partial charge is 0.273 e. The van der Waals surface area contributed by atoms with Crippen molar-refractivity contribution in [2.75, 3.05) is 6.54 Å². The van der Waals surface area contributed by atoms with Crippen molar-refractivity contribution in [1.29, 1.82) is 0 Å². The van der Waals surface area contributed by atoms with E-state index in [2.05, 4.69) is 5.32 Å². The second-order valence-corrected chi connectivity index (χ2v) is 3.97. The van der Waals surface area contributed by atoms with Crippen molar-refractivity contribution in [3.05, 3.63) is 39.4 Å². The van der Waals surface area contributed by atoms with E-state index >= 15 is 0 Å². The lowest BCUT2D eigenvalue weighted by Crippen LogP contribution is -2.14. The Hall–Kier alpha value is -1.91. The number of hydrogen-bond acceptors (Lipinski definition) is 3. The molecule has 1 aromatic carbocycles. The second-order valence-electron chi connectivity index (χ2n) is 3.97. The lowest BCUT2D eigenvalue weighted by atomic mass is 9.92. The molecule has 1 aromatic rings. The van der Waals surface area contributed by atoms with Crippen molar-refractivity contribution in [3.8, 4) is 0 Å². The molecule has 0 radical (unpaired) electrons. The molecule has 0 aromatic heterocycles. The van der Waals surface area contributed by atoms with Crippen LogP contribution in [-0.2, 0) is 4.79 Å². The maximum Gasteiger partial charge on any atom is 0.273 e. The van der Waals surface area contributed by atoms with Crippen LogP contribution >= 0.6 is 0 Å². The fraction of sp³-hybridized carbons (Fsp3) is 0.364. The third-order valence-electron chi connectivity index (χ3n) is 2.88. The van der Waals surface area contributed by atoms with E-state index in [1.807, 2.05) is 13.0 Å². The molecule has 1 atom stereocenters. The number of nitrogens with zero attached hydrogens (tertiary/aromatic N) is 1. The van der Waals surface area contributed by atoms with Gasteiger partial charge in [-0.05, 0) is 12.5 Å². The predicted molar refractivity (Wildman–Crippen MR) is 58.2 cm³/mol. The van der Waals surface area contributed by atoms with Gasteiger partial charge < -0.3 is 5.32 Å². The third kappa shape index (κ3) is 1.76. The first-order chi connectivity index (χ1) is 7.59. The lowest BCUT2D eigenvalue weighted by molar-refractivity contribution is -0.385. The van der Waals surface area contributed by atoms with Gasteiger partial charge in [-0.25, -0.2) is 0 Å². The number of nitrogens with one attached hydrogen (secondary N) is 1. The molecule has 1 aliphatic rings. The van der Waals surface area contributed by atoms with E-state index in [4.69, 9.17) is 0 Å². The summed E-state index contributed by atoms with van der Waals surface area (Å²) in [5, 5.41) is 13.6. The second kappa shape index (κ2) is 3.92. The number of amides is 1. The van der Waals surface area contributed by atoms with Gasteiger partial charge in [0.1, 0.15) is 0 Å². The van der Waals surface area contributed by atoms with Gasteiger partial charge in [0.15, 0.2) is 0 Å². The Balaban J connectivity index is 2.46. The number of rotatable bonds is 2. The molecule has 1 amide bonds.